The van der Waals surface area contributed by atoms with Crippen LogP contribution in [-0.2, 0) is 14.3 Å². The van der Waals surface area contributed by atoms with Crippen LogP contribution < -0.4 is 0 Å². The van der Waals surface area contributed by atoms with E-state index in [0.717, 1.165) is 12.8 Å². The van der Waals surface area contributed by atoms with Crippen LogP contribution in [0.1, 0.15) is 39.5 Å². The van der Waals surface area contributed by atoms with Crippen molar-refractivity contribution >= 4 is 11.9 Å². The van der Waals surface area contributed by atoms with Gasteiger partial charge < -0.3 is 14.7 Å². The molecule has 0 aromatic rings. The molecule has 108 valence electrons. The van der Waals surface area contributed by atoms with Crippen LogP contribution in [0.5, 0.6) is 0 Å². The highest BCUT2D eigenvalue weighted by atomic mass is 16.5. The number of aliphatic carboxylic acids is 1. The smallest absolute Gasteiger partial charge is 0.307 e. The molecule has 0 spiro atoms. The molecule has 1 amide bonds. The van der Waals surface area contributed by atoms with Gasteiger partial charge in [-0.05, 0) is 26.2 Å². The van der Waals surface area contributed by atoms with Gasteiger partial charge in [0.1, 0.15) is 0 Å². The predicted molar refractivity (Wildman–Crippen MR) is 69.7 cm³/mol. The molecule has 1 aliphatic carbocycles. The van der Waals surface area contributed by atoms with Crippen molar-refractivity contribution in [1.29, 1.82) is 0 Å². The van der Waals surface area contributed by atoms with Crippen molar-refractivity contribution in [3.63, 3.8) is 0 Å². The van der Waals surface area contributed by atoms with Gasteiger partial charge in [0.25, 0.3) is 0 Å². The van der Waals surface area contributed by atoms with E-state index >= 15 is 0 Å². The van der Waals surface area contributed by atoms with E-state index in [4.69, 9.17) is 4.74 Å². The number of carbonyl (C=O) groups excluding carboxylic acids is 1. The average Bonchev–Trinajstić information content (AvgIpc) is 2.87. The van der Waals surface area contributed by atoms with Crippen molar-refractivity contribution in [3.8, 4) is 0 Å². The van der Waals surface area contributed by atoms with Crippen molar-refractivity contribution in [2.24, 2.45) is 11.8 Å². The minimum atomic E-state index is -0.829. The minimum Gasteiger partial charge on any atom is -0.481 e. The summed E-state index contributed by atoms with van der Waals surface area (Å²) < 4.78 is 5.59. The molecule has 1 aliphatic heterocycles. The molecule has 5 nitrogen and oxygen atoms in total. The second-order valence-electron chi connectivity index (χ2n) is 5.68. The monoisotopic (exact) mass is 269 g/mol. The number of morpholine rings is 1. The van der Waals surface area contributed by atoms with Crippen molar-refractivity contribution in [2.45, 2.75) is 51.7 Å². The molecule has 5 heteroatoms. The number of ether oxygens (including phenoxy) is 1. The van der Waals surface area contributed by atoms with Crippen molar-refractivity contribution < 1.29 is 19.4 Å². The van der Waals surface area contributed by atoms with Gasteiger partial charge in [0.15, 0.2) is 0 Å². The average molecular weight is 269 g/mol. The van der Waals surface area contributed by atoms with Crippen LogP contribution in [0, 0.1) is 11.8 Å². The van der Waals surface area contributed by atoms with Crippen molar-refractivity contribution in [1.82, 2.24) is 4.90 Å². The maximum atomic E-state index is 12.6. The first kappa shape index (κ1) is 14.3. The second-order valence-corrected chi connectivity index (χ2v) is 5.68. The first-order valence-corrected chi connectivity index (χ1v) is 7.19. The normalized spacial score (nSPS) is 35.4. The summed E-state index contributed by atoms with van der Waals surface area (Å²) in [6, 6.07) is 0.0961. The summed E-state index contributed by atoms with van der Waals surface area (Å²) in [4.78, 5) is 25.7. The van der Waals surface area contributed by atoms with E-state index in [1.165, 1.54) is 0 Å². The molecule has 2 fully saturated rings. The molecule has 1 heterocycles. The standard InChI is InChI=1S/C14H23NO4/c1-3-10-8-19-9(2)7-15(10)13(16)11-5-4-6-12(11)14(17)18/h9-12H,3-8H2,1-2H3,(H,17,18). The Morgan fingerprint density at radius 2 is 2.00 bits per heavy atom. The van der Waals surface area contributed by atoms with Crippen LogP contribution in [0.2, 0.25) is 0 Å². The number of carbonyl (C=O) groups is 2. The first-order chi connectivity index (χ1) is 9.04. The fourth-order valence-corrected chi connectivity index (χ4v) is 3.22. The molecule has 4 atom stereocenters. The number of rotatable bonds is 3. The highest BCUT2D eigenvalue weighted by molar-refractivity contribution is 5.85. The fraction of sp³-hybridized carbons (Fsp3) is 0.857. The molecule has 2 rings (SSSR count). The molecule has 0 bridgehead atoms. The lowest BCUT2D eigenvalue weighted by molar-refractivity contribution is -0.155. The van der Waals surface area contributed by atoms with Gasteiger partial charge in [-0.15, -0.1) is 0 Å². The van der Waals surface area contributed by atoms with Crippen molar-refractivity contribution in [3.05, 3.63) is 0 Å². The maximum Gasteiger partial charge on any atom is 0.307 e. The summed E-state index contributed by atoms with van der Waals surface area (Å²) in [7, 11) is 0. The predicted octanol–water partition coefficient (Wildman–Crippen LogP) is 1.51. The summed E-state index contributed by atoms with van der Waals surface area (Å²) in [5.41, 5.74) is 0. The molecule has 1 N–H and O–H groups in total. The van der Waals surface area contributed by atoms with Gasteiger partial charge in [0.2, 0.25) is 5.91 Å². The van der Waals surface area contributed by atoms with Crippen molar-refractivity contribution in [2.75, 3.05) is 13.2 Å². The molecular weight excluding hydrogens is 246 g/mol. The van der Waals surface area contributed by atoms with E-state index in [9.17, 15) is 14.7 Å². The third-order valence-corrected chi connectivity index (χ3v) is 4.37. The molecule has 2 aliphatic rings. The van der Waals surface area contributed by atoms with Crippen LogP contribution in [0.25, 0.3) is 0 Å². The zero-order chi connectivity index (χ0) is 14.0. The number of carboxylic acid groups (broad SMARTS) is 1. The first-order valence-electron chi connectivity index (χ1n) is 7.19. The number of hydrogen-bond acceptors (Lipinski definition) is 3. The Bertz CT molecular complexity index is 357. The molecule has 0 aromatic heterocycles. The Hall–Kier alpha value is -1.10. The van der Waals surface area contributed by atoms with Crippen LogP contribution >= 0.6 is 0 Å². The highest BCUT2D eigenvalue weighted by Gasteiger charge is 2.42. The van der Waals surface area contributed by atoms with E-state index in [2.05, 4.69) is 0 Å². The molecule has 0 radical (unpaired) electrons. The number of carboxylic acids is 1. The lowest BCUT2D eigenvalue weighted by Gasteiger charge is -2.40. The van der Waals surface area contributed by atoms with Gasteiger partial charge >= 0.3 is 5.97 Å². The number of nitrogens with zero attached hydrogens (tertiary/aromatic N) is 1. The zero-order valence-electron chi connectivity index (χ0n) is 11.7. The molecule has 4 unspecified atom stereocenters. The summed E-state index contributed by atoms with van der Waals surface area (Å²) in [6.45, 7) is 5.14. The lowest BCUT2D eigenvalue weighted by atomic mass is 9.93. The van der Waals surface area contributed by atoms with Gasteiger partial charge in [-0.25, -0.2) is 0 Å². The SMILES string of the molecule is CCC1COC(C)CN1C(=O)C1CCCC1C(=O)O. The second kappa shape index (κ2) is 5.90. The zero-order valence-corrected chi connectivity index (χ0v) is 11.7. The molecule has 1 saturated carbocycles. The summed E-state index contributed by atoms with van der Waals surface area (Å²) >= 11 is 0. The fourth-order valence-electron chi connectivity index (χ4n) is 3.22. The van der Waals surface area contributed by atoms with E-state index < -0.39 is 11.9 Å². The Labute approximate surface area is 113 Å². The molecule has 19 heavy (non-hydrogen) atoms. The van der Waals surface area contributed by atoms with Gasteiger partial charge in [0, 0.05) is 6.54 Å². The van der Waals surface area contributed by atoms with E-state index in [0.29, 0.717) is 26.0 Å². The van der Waals surface area contributed by atoms with Gasteiger partial charge in [-0.1, -0.05) is 13.3 Å². The highest BCUT2D eigenvalue weighted by Crippen LogP contribution is 2.34. The lowest BCUT2D eigenvalue weighted by Crippen LogP contribution is -2.53. The number of hydrogen-bond donors (Lipinski definition) is 1. The maximum absolute atomic E-state index is 12.6. The van der Waals surface area contributed by atoms with E-state index in [1.807, 2.05) is 18.7 Å². The summed E-state index contributed by atoms with van der Waals surface area (Å²) in [5.74, 6) is -1.64. The largest absolute Gasteiger partial charge is 0.481 e. The van der Waals surface area contributed by atoms with Gasteiger partial charge in [0.05, 0.1) is 30.6 Å². The summed E-state index contributed by atoms with van der Waals surface area (Å²) in [6.07, 6.45) is 3.06. The van der Waals surface area contributed by atoms with Crippen LogP contribution in [-0.4, -0.2) is 47.2 Å². The third kappa shape index (κ3) is 2.91. The van der Waals surface area contributed by atoms with Crippen LogP contribution in [0.4, 0.5) is 0 Å². The van der Waals surface area contributed by atoms with E-state index in [1.54, 1.807) is 0 Å². The number of amides is 1. The molecule has 0 aromatic carbocycles. The molecule has 1 saturated heterocycles. The van der Waals surface area contributed by atoms with Crippen LogP contribution in [0.15, 0.2) is 0 Å². The summed E-state index contributed by atoms with van der Waals surface area (Å²) in [5, 5.41) is 9.21. The van der Waals surface area contributed by atoms with E-state index in [-0.39, 0.29) is 24.0 Å². The van der Waals surface area contributed by atoms with Gasteiger partial charge in [-0.2, -0.15) is 0 Å². The Kier molecular flexibility index (Phi) is 4.45. The Morgan fingerprint density at radius 3 is 2.63 bits per heavy atom. The Balaban J connectivity index is 2.10. The van der Waals surface area contributed by atoms with Crippen LogP contribution in [0.3, 0.4) is 0 Å². The van der Waals surface area contributed by atoms with Gasteiger partial charge in [-0.3, -0.25) is 9.59 Å². The quantitative estimate of drug-likeness (QED) is 0.843. The third-order valence-electron chi connectivity index (χ3n) is 4.37. The Morgan fingerprint density at radius 1 is 1.32 bits per heavy atom. The minimum absolute atomic E-state index is 0.0203. The molecular formula is C14H23NO4. The topological polar surface area (TPSA) is 66.8 Å².